The van der Waals surface area contributed by atoms with Crippen molar-refractivity contribution >= 4 is 11.9 Å². The quantitative estimate of drug-likeness (QED) is 0.728. The van der Waals surface area contributed by atoms with Gasteiger partial charge in [-0.1, -0.05) is 0 Å². The Kier molecular flexibility index (Phi) is 3.36. The number of hydrogen-bond acceptors (Lipinski definition) is 5. The minimum atomic E-state index is -0.396. The number of hydrogen-bond donors (Lipinski definition) is 1. The number of ether oxygens (including phenoxy) is 1. The van der Waals surface area contributed by atoms with E-state index in [0.717, 1.165) is 12.8 Å². The summed E-state index contributed by atoms with van der Waals surface area (Å²) in [6.45, 7) is 2.02. The van der Waals surface area contributed by atoms with Crippen LogP contribution in [0.2, 0.25) is 0 Å². The Bertz CT molecular complexity index is 400. The zero-order valence-corrected chi connectivity index (χ0v) is 9.55. The molecule has 0 atom stereocenters. The topological polar surface area (TPSA) is 88.2 Å². The molecule has 0 radical (unpaired) electrons. The molecule has 1 aromatic heterocycles. The highest BCUT2D eigenvalue weighted by atomic mass is 16.5. The van der Waals surface area contributed by atoms with Crippen LogP contribution >= 0.6 is 0 Å². The number of esters is 1. The average Bonchev–Trinajstić information content (AvgIpc) is 3.00. The summed E-state index contributed by atoms with van der Waals surface area (Å²) in [4.78, 5) is 28.7. The van der Waals surface area contributed by atoms with Crippen LogP contribution in [0.1, 0.15) is 30.4 Å². The van der Waals surface area contributed by atoms with Crippen LogP contribution in [0.3, 0.4) is 0 Å². The largest absolute Gasteiger partial charge is 0.465 e. The van der Waals surface area contributed by atoms with Crippen LogP contribution in [0.5, 0.6) is 0 Å². The SMILES string of the molecule is CCOC(=O)CN(C(=O)c1ncn[nH]1)C1CC1. The van der Waals surface area contributed by atoms with Crippen molar-refractivity contribution in [3.05, 3.63) is 12.2 Å². The summed E-state index contributed by atoms with van der Waals surface area (Å²) in [6.07, 6.45) is 3.10. The number of aromatic nitrogens is 3. The molecule has 0 unspecified atom stereocenters. The van der Waals surface area contributed by atoms with Crippen molar-refractivity contribution in [3.8, 4) is 0 Å². The number of nitrogens with zero attached hydrogens (tertiary/aromatic N) is 3. The molecule has 0 bridgehead atoms. The Hall–Kier alpha value is -1.92. The van der Waals surface area contributed by atoms with Gasteiger partial charge in [-0.05, 0) is 19.8 Å². The van der Waals surface area contributed by atoms with Gasteiger partial charge in [-0.3, -0.25) is 14.7 Å². The Morgan fingerprint density at radius 2 is 2.35 bits per heavy atom. The molecule has 0 aliphatic heterocycles. The van der Waals surface area contributed by atoms with Gasteiger partial charge < -0.3 is 9.64 Å². The summed E-state index contributed by atoms with van der Waals surface area (Å²) in [7, 11) is 0. The molecular formula is C10H14N4O3. The zero-order chi connectivity index (χ0) is 12.3. The van der Waals surface area contributed by atoms with Crippen LogP contribution in [0.15, 0.2) is 6.33 Å². The molecule has 0 spiro atoms. The fraction of sp³-hybridized carbons (Fsp3) is 0.600. The predicted molar refractivity (Wildman–Crippen MR) is 57.1 cm³/mol. The van der Waals surface area contributed by atoms with Crippen molar-refractivity contribution in [2.75, 3.05) is 13.2 Å². The smallest absolute Gasteiger partial charge is 0.325 e. The lowest BCUT2D eigenvalue weighted by molar-refractivity contribution is -0.144. The van der Waals surface area contributed by atoms with E-state index in [1.54, 1.807) is 6.92 Å². The molecule has 1 amide bonds. The van der Waals surface area contributed by atoms with Gasteiger partial charge in [0, 0.05) is 6.04 Å². The highest BCUT2D eigenvalue weighted by Gasteiger charge is 2.35. The van der Waals surface area contributed by atoms with E-state index in [-0.39, 0.29) is 24.3 Å². The summed E-state index contributed by atoms with van der Waals surface area (Å²) >= 11 is 0. The van der Waals surface area contributed by atoms with Crippen molar-refractivity contribution in [3.63, 3.8) is 0 Å². The number of amides is 1. The Morgan fingerprint density at radius 3 is 2.88 bits per heavy atom. The molecule has 1 aromatic rings. The van der Waals surface area contributed by atoms with Crippen LogP contribution in [-0.2, 0) is 9.53 Å². The van der Waals surface area contributed by atoms with Gasteiger partial charge in [0.25, 0.3) is 5.91 Å². The lowest BCUT2D eigenvalue weighted by Crippen LogP contribution is -2.38. The second kappa shape index (κ2) is 4.94. The fourth-order valence-corrected chi connectivity index (χ4v) is 1.54. The van der Waals surface area contributed by atoms with Crippen LogP contribution in [0.4, 0.5) is 0 Å². The monoisotopic (exact) mass is 238 g/mol. The van der Waals surface area contributed by atoms with E-state index < -0.39 is 5.97 Å². The van der Waals surface area contributed by atoms with Crippen LogP contribution < -0.4 is 0 Å². The van der Waals surface area contributed by atoms with E-state index in [2.05, 4.69) is 15.2 Å². The molecule has 0 aromatic carbocycles. The number of carbonyl (C=O) groups excluding carboxylic acids is 2. The second-order valence-corrected chi connectivity index (χ2v) is 3.80. The standard InChI is InChI=1S/C10H14N4O3/c1-2-17-8(15)5-14(7-3-4-7)10(16)9-11-6-12-13-9/h6-7H,2-5H2,1H3,(H,11,12,13). The van der Waals surface area contributed by atoms with Crippen LogP contribution in [0.25, 0.3) is 0 Å². The van der Waals surface area contributed by atoms with E-state index >= 15 is 0 Å². The molecule has 17 heavy (non-hydrogen) atoms. The maximum atomic E-state index is 12.0. The number of rotatable bonds is 5. The van der Waals surface area contributed by atoms with E-state index in [0.29, 0.717) is 6.61 Å². The van der Waals surface area contributed by atoms with Gasteiger partial charge in [-0.2, -0.15) is 5.10 Å². The first kappa shape index (κ1) is 11.6. The van der Waals surface area contributed by atoms with Crippen molar-refractivity contribution < 1.29 is 14.3 Å². The molecule has 1 heterocycles. The van der Waals surface area contributed by atoms with Crippen molar-refractivity contribution in [2.24, 2.45) is 0 Å². The van der Waals surface area contributed by atoms with E-state index in [4.69, 9.17) is 4.74 Å². The van der Waals surface area contributed by atoms with Gasteiger partial charge in [-0.15, -0.1) is 0 Å². The molecule has 2 rings (SSSR count). The minimum absolute atomic E-state index is 0.0297. The van der Waals surface area contributed by atoms with E-state index in [1.807, 2.05) is 0 Å². The summed E-state index contributed by atoms with van der Waals surface area (Å²) in [5, 5.41) is 6.12. The lowest BCUT2D eigenvalue weighted by atomic mass is 10.4. The second-order valence-electron chi connectivity index (χ2n) is 3.80. The summed E-state index contributed by atoms with van der Waals surface area (Å²) in [5.74, 6) is -0.550. The fourth-order valence-electron chi connectivity index (χ4n) is 1.54. The number of carbonyl (C=O) groups is 2. The third-order valence-corrected chi connectivity index (χ3v) is 2.47. The third-order valence-electron chi connectivity index (χ3n) is 2.47. The Morgan fingerprint density at radius 1 is 1.59 bits per heavy atom. The average molecular weight is 238 g/mol. The molecule has 7 nitrogen and oxygen atoms in total. The number of H-pyrrole nitrogens is 1. The molecule has 1 aliphatic rings. The van der Waals surface area contributed by atoms with Crippen molar-refractivity contribution in [2.45, 2.75) is 25.8 Å². The number of aromatic amines is 1. The summed E-state index contributed by atoms with van der Waals surface area (Å²) < 4.78 is 4.84. The van der Waals surface area contributed by atoms with Gasteiger partial charge >= 0.3 is 5.97 Å². The third kappa shape index (κ3) is 2.80. The first-order chi connectivity index (χ1) is 8.22. The molecule has 1 saturated carbocycles. The molecule has 92 valence electrons. The summed E-state index contributed by atoms with van der Waals surface area (Å²) in [5.41, 5.74) is 0. The first-order valence-corrected chi connectivity index (χ1v) is 5.54. The highest BCUT2D eigenvalue weighted by Crippen LogP contribution is 2.27. The van der Waals surface area contributed by atoms with Crippen molar-refractivity contribution in [1.29, 1.82) is 0 Å². The molecule has 7 heteroatoms. The molecule has 1 fully saturated rings. The molecule has 0 saturated heterocycles. The van der Waals surface area contributed by atoms with Gasteiger partial charge in [-0.25, -0.2) is 4.98 Å². The maximum absolute atomic E-state index is 12.0. The lowest BCUT2D eigenvalue weighted by Gasteiger charge is -2.19. The van der Waals surface area contributed by atoms with E-state index in [1.165, 1.54) is 11.2 Å². The highest BCUT2D eigenvalue weighted by molar-refractivity contribution is 5.93. The van der Waals surface area contributed by atoms with Gasteiger partial charge in [0.1, 0.15) is 12.9 Å². The zero-order valence-electron chi connectivity index (χ0n) is 9.55. The molecular weight excluding hydrogens is 224 g/mol. The molecule has 1 N–H and O–H groups in total. The normalized spacial score (nSPS) is 14.4. The Balaban J connectivity index is 2.02. The van der Waals surface area contributed by atoms with Gasteiger partial charge in [0.05, 0.1) is 6.61 Å². The van der Waals surface area contributed by atoms with Gasteiger partial charge in [0.15, 0.2) is 0 Å². The van der Waals surface area contributed by atoms with Crippen LogP contribution in [-0.4, -0.2) is 51.2 Å². The van der Waals surface area contributed by atoms with Crippen molar-refractivity contribution in [1.82, 2.24) is 20.1 Å². The summed E-state index contributed by atoms with van der Waals surface area (Å²) in [6, 6.07) is 0.122. The molecule has 1 aliphatic carbocycles. The predicted octanol–water partition coefficient (Wildman–Crippen LogP) is -0.0276. The van der Waals surface area contributed by atoms with E-state index in [9.17, 15) is 9.59 Å². The maximum Gasteiger partial charge on any atom is 0.325 e. The minimum Gasteiger partial charge on any atom is -0.465 e. The van der Waals surface area contributed by atoms with Crippen LogP contribution in [0, 0.1) is 0 Å². The number of nitrogens with one attached hydrogen (secondary N) is 1. The van der Waals surface area contributed by atoms with Gasteiger partial charge in [0.2, 0.25) is 5.82 Å². The first-order valence-electron chi connectivity index (χ1n) is 5.54. The Labute approximate surface area is 98.2 Å².